The number of nitrogens with one attached hydrogen (secondary N) is 1. The fraction of sp³-hybridized carbons (Fsp3) is 0.404. The zero-order valence-electron chi connectivity index (χ0n) is 78.9. The minimum atomic E-state index is -1.11. The Bertz CT molecular complexity index is 3920. The van der Waals surface area contributed by atoms with Gasteiger partial charge in [-0.2, -0.15) is 0 Å². The molecular weight excluding hydrogens is 1530 g/mol. The van der Waals surface area contributed by atoms with E-state index < -0.39 is 32.9 Å². The van der Waals surface area contributed by atoms with Crippen molar-refractivity contribution in [3.8, 4) is 0 Å². The van der Waals surface area contributed by atoms with E-state index >= 15 is 0 Å². The Morgan fingerprint density at radius 2 is 0.466 bits per heavy atom. The number of hydrogen-bond acceptors (Lipinski definition) is 1. The van der Waals surface area contributed by atoms with Crippen molar-refractivity contribution in [2.75, 3.05) is 0 Å². The van der Waals surface area contributed by atoms with Gasteiger partial charge in [0.1, 0.15) is 5.84 Å². The van der Waals surface area contributed by atoms with Gasteiger partial charge in [0.2, 0.25) is 0 Å². The zero-order chi connectivity index (χ0) is 85.8. The third-order valence-electron chi connectivity index (χ3n) is 18.0. The van der Waals surface area contributed by atoms with Crippen LogP contribution in [0.5, 0.6) is 0 Å². The van der Waals surface area contributed by atoms with Gasteiger partial charge >= 0.3 is 75.5 Å². The summed E-state index contributed by atoms with van der Waals surface area (Å²) in [5, 5.41) is 10.7. The van der Waals surface area contributed by atoms with Gasteiger partial charge in [-0.15, -0.1) is 0 Å². The molecule has 616 valence electrons. The molecule has 10 aromatic rings. The molecule has 12 heteroatoms. The summed E-state index contributed by atoms with van der Waals surface area (Å²) in [7, 11) is -4.42. The smallest absolute Gasteiger partial charge is 0.668 e. The van der Waals surface area contributed by atoms with Crippen molar-refractivity contribution in [2.24, 2.45) is 4.99 Å². The Morgan fingerprint density at radius 3 is 0.681 bits per heavy atom. The summed E-state index contributed by atoms with van der Waals surface area (Å²) in [6.45, 7) is 76.1. The normalized spacial score (nSPS) is 11.5. The van der Waals surface area contributed by atoms with Crippen LogP contribution in [0, 0.1) is 41.5 Å². The van der Waals surface area contributed by atoms with Crippen LogP contribution in [-0.2, 0) is 0 Å². The molecule has 0 aliphatic heterocycles. The van der Waals surface area contributed by atoms with Gasteiger partial charge in [0.15, 0.2) is 0 Å². The molecule has 0 aromatic heterocycles. The van der Waals surface area contributed by atoms with Gasteiger partial charge in [0, 0.05) is 11.3 Å². The van der Waals surface area contributed by atoms with Crippen LogP contribution < -0.4 is 4.99 Å². The first kappa shape index (κ1) is 108. The molecule has 6 nitrogen and oxygen atoms in total. The number of aliphatic imine (C=N–C) groups is 1. The molecule has 0 bridgehead atoms. The van der Waals surface area contributed by atoms with Gasteiger partial charge in [-0.05, 0) is 150 Å². The number of aryl methyl sites for hydroxylation is 6. The largest absolute Gasteiger partial charge is 2.00 e. The van der Waals surface area contributed by atoms with E-state index in [9.17, 15) is 0 Å². The number of hydrogen-bond donors (Lipinski definition) is 1. The zero-order valence-corrected chi connectivity index (χ0v) is 87.3. The van der Waals surface area contributed by atoms with Crippen LogP contribution in [0.15, 0.2) is 248 Å². The van der Waals surface area contributed by atoms with Crippen LogP contribution in [0.25, 0.3) is 19.9 Å². The van der Waals surface area contributed by atoms with Crippen LogP contribution in [0.4, 0.5) is 22.7 Å². The second-order valence-electron chi connectivity index (χ2n) is 36.8. The first-order valence-electron chi connectivity index (χ1n) is 42.0. The van der Waals surface area contributed by atoms with Gasteiger partial charge < -0.3 is 24.6 Å². The molecule has 0 saturated heterocycles. The molecule has 0 fully saturated rings. The third kappa shape index (κ3) is 43.1. The van der Waals surface area contributed by atoms with Crippen molar-refractivity contribution in [2.45, 2.75) is 278 Å². The molecule has 0 spiro atoms. The van der Waals surface area contributed by atoms with Gasteiger partial charge in [-0.25, -0.2) is 5.32 Å². The maximum Gasteiger partial charge on any atom is 2.00 e. The van der Waals surface area contributed by atoms with Crippen molar-refractivity contribution in [3.05, 3.63) is 352 Å². The van der Waals surface area contributed by atoms with E-state index in [-0.39, 0.29) is 75.5 Å². The number of nitrogens with zero attached hydrogens (tertiary/aromatic N) is 5. The van der Waals surface area contributed by atoms with Gasteiger partial charge in [0.05, 0.1) is 5.69 Å². The standard InChI is InChI=1S/2C32H41N2.4C7H8.2C6H18NSi2.2Ca/c2*1-20(2)26-12-10-13-27(21(3)4)30(26)33-32(25-18-16-24(9)17-19-25)34-31-28(22(5)6)14-11-15-29(31)23(7)8;4*1-7-5-3-2-4-6-7;2*1-8(2,3)7-9(4,5)6;;/h2*10-23H,1-9H3;4*2-6H,1H3;2*1-6H3;;/q2*-1;;;;;2*-1;2*+2/p+1. The molecule has 0 heterocycles. The van der Waals surface area contributed by atoms with E-state index in [1.54, 1.807) is 0 Å². The Kier molecular flexibility index (Phi) is 50.5. The predicted molar refractivity (Wildman–Crippen MR) is 534 cm³/mol. The van der Waals surface area contributed by atoms with Crippen molar-refractivity contribution in [3.63, 3.8) is 0 Å². The third-order valence-corrected chi connectivity index (χ3v) is 28.8. The summed E-state index contributed by atoms with van der Waals surface area (Å²) >= 11 is 0. The average molecular weight is 1680 g/mol. The first-order chi connectivity index (χ1) is 53.2. The van der Waals surface area contributed by atoms with Crippen molar-refractivity contribution in [1.29, 1.82) is 0 Å². The average Bonchev–Trinajstić information content (AvgIpc) is 0.790. The molecule has 0 radical (unpaired) electrons. The summed E-state index contributed by atoms with van der Waals surface area (Å²) in [5.74, 6) is 4.82. The second kappa shape index (κ2) is 54.0. The van der Waals surface area contributed by atoms with Gasteiger partial charge in [0.25, 0.3) is 0 Å². The quantitative estimate of drug-likeness (QED) is 0.0504. The van der Waals surface area contributed by atoms with E-state index in [2.05, 4.69) is 406 Å². The molecule has 10 aromatic carbocycles. The molecule has 116 heavy (non-hydrogen) atoms. The fourth-order valence-electron chi connectivity index (χ4n) is 12.9. The molecule has 10 rings (SSSR count). The van der Waals surface area contributed by atoms with Crippen LogP contribution >= 0.6 is 0 Å². The Balaban J connectivity index is 0.000000745. The molecule has 1 N–H and O–H groups in total. The van der Waals surface area contributed by atoms with Crippen molar-refractivity contribution in [1.82, 2.24) is 0 Å². The summed E-state index contributed by atoms with van der Waals surface area (Å²) in [5.41, 5.74) is 24.7. The van der Waals surface area contributed by atoms with E-state index in [1.807, 2.05) is 72.8 Å². The van der Waals surface area contributed by atoms with E-state index in [0.29, 0.717) is 47.3 Å². The molecule has 0 atom stereocenters. The van der Waals surface area contributed by atoms with Crippen molar-refractivity contribution >= 4 is 143 Å². The summed E-state index contributed by atoms with van der Waals surface area (Å²) < 4.78 is 9.64. The van der Waals surface area contributed by atoms with Crippen LogP contribution in [0.1, 0.15) is 247 Å². The van der Waals surface area contributed by atoms with Gasteiger partial charge in [-0.1, -0.05) is 504 Å². The van der Waals surface area contributed by atoms with E-state index in [0.717, 1.165) is 39.9 Å². The molecule has 0 amide bonds. The number of benzene rings is 10. The summed E-state index contributed by atoms with van der Waals surface area (Å²) in [6.07, 6.45) is 0. The van der Waals surface area contributed by atoms with Gasteiger partial charge in [-0.3, -0.25) is 0 Å². The first-order valence-corrected chi connectivity index (χ1v) is 55.8. The maximum atomic E-state index is 5.40. The summed E-state index contributed by atoms with van der Waals surface area (Å²) in [6, 6.07) is 84.8. The number of amidine groups is 2. The van der Waals surface area contributed by atoms with E-state index in [1.165, 1.54) is 83.6 Å². The molecule has 0 aliphatic carbocycles. The summed E-state index contributed by atoms with van der Waals surface area (Å²) in [4.78, 5) is 9.19. The molecule has 0 aliphatic rings. The molecule has 0 saturated carbocycles. The minimum absolute atomic E-state index is 0. The Morgan fingerprint density at radius 1 is 0.250 bits per heavy atom. The van der Waals surface area contributed by atoms with E-state index in [4.69, 9.17) is 24.9 Å². The SMILES string of the molecule is C[Si](C)(C)[N-][Si](C)(C)C.C[Si](C)(C)[N-][Si](C)(C)C.Cc1ccc(C(=Nc2c(C(C)C)cccc2C(C)C)[N-]c2c(C(C)C)cccc2C(C)C)cc1.Cc1ccc(C([N-]c2c(C(C)C)cccc2C(C)C)=[NH+]c2c(C(C)C)cccc2C(C)C)cc1.Cc1ccccc1.Cc1ccccc1.Cc1ccccc1.Cc1ccccc1.[Ca+2].[Ca+2]. The fourth-order valence-corrected chi connectivity index (χ4v) is 29.0. The maximum absolute atomic E-state index is 5.40. The van der Waals surface area contributed by atoms with Crippen LogP contribution in [0.2, 0.25) is 78.6 Å². The number of para-hydroxylation sites is 4. The molecule has 0 unspecified atom stereocenters. The van der Waals surface area contributed by atoms with Crippen molar-refractivity contribution < 1.29 is 4.99 Å². The topological polar surface area (TPSA) is 82.7 Å². The predicted octanol–water partition coefficient (Wildman–Crippen LogP) is 31.9. The monoisotopic (exact) mass is 1680 g/mol. The minimum Gasteiger partial charge on any atom is -0.668 e. The van der Waals surface area contributed by atoms with Crippen LogP contribution in [0.3, 0.4) is 0 Å². The molecular formula is C104H151Ca2N6Si4+. The Hall–Kier alpha value is -5.55. The number of rotatable bonds is 18. The second-order valence-corrected chi connectivity index (χ2v) is 56.0. The van der Waals surface area contributed by atoms with Crippen LogP contribution in [-0.4, -0.2) is 120 Å². The Labute approximate surface area is 774 Å².